The molecule has 3 aromatic rings. The molecule has 0 spiro atoms. The minimum Gasteiger partial charge on any atom is -0.353 e. The summed E-state index contributed by atoms with van der Waals surface area (Å²) in [6.07, 6.45) is -2.55. The third-order valence-electron chi connectivity index (χ3n) is 5.47. The van der Waals surface area contributed by atoms with Crippen LogP contribution in [0.4, 0.5) is 24.9 Å². The number of aromatic nitrogens is 4. The summed E-state index contributed by atoms with van der Waals surface area (Å²) < 4.78 is 40.8. The van der Waals surface area contributed by atoms with Gasteiger partial charge in [0, 0.05) is 37.3 Å². The Balaban J connectivity index is 1.54. The molecule has 3 aromatic heterocycles. The summed E-state index contributed by atoms with van der Waals surface area (Å²) in [5.74, 6) is 1.41. The number of fused-ring (bicyclic) bond motifs is 2. The molecule has 5 heterocycles. The lowest BCUT2D eigenvalue weighted by atomic mass is 10.2. The number of aryl methyl sites for hydroxylation is 1. The van der Waals surface area contributed by atoms with Gasteiger partial charge in [-0.1, -0.05) is 6.92 Å². The lowest BCUT2D eigenvalue weighted by molar-refractivity contribution is -0.141. The van der Waals surface area contributed by atoms with Crippen molar-refractivity contribution in [3.63, 3.8) is 0 Å². The van der Waals surface area contributed by atoms with E-state index in [0.717, 1.165) is 27.7 Å². The van der Waals surface area contributed by atoms with Crippen molar-refractivity contribution in [1.29, 1.82) is 0 Å². The predicted molar refractivity (Wildman–Crippen MR) is 110 cm³/mol. The number of carbonyl (C=O) groups excluding carboxylic acids is 1. The van der Waals surface area contributed by atoms with Crippen LogP contribution in [0.15, 0.2) is 12.3 Å². The highest BCUT2D eigenvalue weighted by atomic mass is 32.1. The zero-order valence-electron chi connectivity index (χ0n) is 16.7. The maximum atomic E-state index is 13.1. The van der Waals surface area contributed by atoms with Gasteiger partial charge in [0.15, 0.2) is 5.69 Å². The third kappa shape index (κ3) is 3.68. The van der Waals surface area contributed by atoms with Crippen LogP contribution in [0.5, 0.6) is 0 Å². The Bertz CT molecular complexity index is 1160. The summed E-state index contributed by atoms with van der Waals surface area (Å²) in [7, 11) is 0. The van der Waals surface area contributed by atoms with E-state index >= 15 is 0 Å². The number of alkyl halides is 3. The van der Waals surface area contributed by atoms with E-state index in [1.54, 1.807) is 15.9 Å². The van der Waals surface area contributed by atoms with Crippen molar-refractivity contribution in [1.82, 2.24) is 24.8 Å². The van der Waals surface area contributed by atoms with E-state index in [2.05, 4.69) is 17.2 Å². The molecule has 164 valence electrons. The zero-order chi connectivity index (χ0) is 21.8. The summed E-state index contributed by atoms with van der Waals surface area (Å²) in [6, 6.07) is 2.05. The van der Waals surface area contributed by atoms with Crippen molar-refractivity contribution in [2.45, 2.75) is 32.6 Å². The quantitative estimate of drug-likeness (QED) is 0.659. The molecule has 0 bridgehead atoms. The number of hydrogen-bond acceptors (Lipinski definition) is 7. The Morgan fingerprint density at radius 2 is 1.97 bits per heavy atom. The third-order valence-corrected chi connectivity index (χ3v) is 6.65. The fraction of sp³-hybridized carbons (Fsp3) is 0.474. The summed E-state index contributed by atoms with van der Waals surface area (Å²) in [6.45, 7) is 4.46. The van der Waals surface area contributed by atoms with Crippen LogP contribution in [0.2, 0.25) is 0 Å². The molecular weight excluding hydrogens is 431 g/mol. The molecule has 8 nitrogen and oxygen atoms in total. The van der Waals surface area contributed by atoms with Crippen LogP contribution >= 0.6 is 11.3 Å². The Morgan fingerprint density at radius 1 is 1.13 bits per heavy atom. The normalized spacial score (nSPS) is 17.2. The zero-order valence-corrected chi connectivity index (χ0v) is 17.6. The lowest BCUT2D eigenvalue weighted by Crippen LogP contribution is -2.48. The molecule has 12 heteroatoms. The van der Waals surface area contributed by atoms with Gasteiger partial charge >= 0.3 is 6.18 Å². The van der Waals surface area contributed by atoms with Gasteiger partial charge < -0.3 is 19.7 Å². The van der Waals surface area contributed by atoms with Gasteiger partial charge in [0.1, 0.15) is 16.5 Å². The van der Waals surface area contributed by atoms with Crippen LogP contribution in [0.3, 0.4) is 0 Å². The van der Waals surface area contributed by atoms with Crippen molar-refractivity contribution < 1.29 is 18.0 Å². The van der Waals surface area contributed by atoms with Crippen molar-refractivity contribution in [3.05, 3.63) is 28.7 Å². The Kier molecular flexibility index (Phi) is 4.76. The number of nitrogens with one attached hydrogen (secondary N) is 1. The SMILES string of the molecule is CCc1cc2c(N3CCn4cc(C(F)(F)F)nc4C3)nc(N3CCNC(=O)C3)nc2s1. The molecule has 0 atom stereocenters. The molecule has 0 unspecified atom stereocenters. The van der Waals surface area contributed by atoms with Crippen LogP contribution < -0.4 is 15.1 Å². The predicted octanol–water partition coefficient (Wildman–Crippen LogP) is 2.43. The van der Waals surface area contributed by atoms with Crippen molar-refractivity contribution in [2.75, 3.05) is 36.0 Å². The molecular formula is C19H20F3N7OS. The van der Waals surface area contributed by atoms with E-state index in [-0.39, 0.29) is 19.0 Å². The van der Waals surface area contributed by atoms with Crippen molar-refractivity contribution in [2.24, 2.45) is 0 Å². The standard InChI is InChI=1S/C19H20F3N7OS/c1-2-11-7-12-16(25-18(26-17(12)31-11)29-4-3-23-15(30)10-29)28-6-5-27-8-13(19(20,21)22)24-14(27)9-28/h7-8H,2-6,9-10H2,1H3,(H,23,30). The van der Waals surface area contributed by atoms with E-state index in [9.17, 15) is 18.0 Å². The van der Waals surface area contributed by atoms with E-state index in [4.69, 9.17) is 9.97 Å². The van der Waals surface area contributed by atoms with E-state index < -0.39 is 11.9 Å². The van der Waals surface area contributed by atoms with Gasteiger partial charge in [-0.25, -0.2) is 9.97 Å². The average molecular weight is 451 g/mol. The van der Waals surface area contributed by atoms with Gasteiger partial charge in [-0.05, 0) is 12.5 Å². The Labute approximate surface area is 179 Å². The molecule has 0 saturated carbocycles. The molecule has 2 aliphatic heterocycles. The maximum Gasteiger partial charge on any atom is 0.434 e. The van der Waals surface area contributed by atoms with Crippen LogP contribution in [0.25, 0.3) is 10.2 Å². The monoisotopic (exact) mass is 451 g/mol. The van der Waals surface area contributed by atoms with Gasteiger partial charge in [0.05, 0.1) is 18.5 Å². The number of halogens is 3. The van der Waals surface area contributed by atoms with Crippen LogP contribution in [-0.2, 0) is 30.5 Å². The number of rotatable bonds is 3. The smallest absolute Gasteiger partial charge is 0.353 e. The molecule has 31 heavy (non-hydrogen) atoms. The first-order valence-electron chi connectivity index (χ1n) is 10.0. The van der Waals surface area contributed by atoms with Crippen LogP contribution in [-0.4, -0.2) is 51.6 Å². The lowest BCUT2D eigenvalue weighted by Gasteiger charge is -2.31. The number of piperazine rings is 1. The molecule has 2 aliphatic rings. The molecule has 0 radical (unpaired) electrons. The van der Waals surface area contributed by atoms with Gasteiger partial charge in [0.25, 0.3) is 0 Å². The molecule has 1 saturated heterocycles. The van der Waals surface area contributed by atoms with Gasteiger partial charge in [0.2, 0.25) is 11.9 Å². The van der Waals surface area contributed by atoms with E-state index in [1.807, 2.05) is 15.9 Å². The van der Waals surface area contributed by atoms with E-state index in [1.165, 1.54) is 0 Å². The second-order valence-electron chi connectivity index (χ2n) is 7.56. The number of imidazole rings is 1. The van der Waals surface area contributed by atoms with E-state index in [0.29, 0.717) is 43.8 Å². The number of carbonyl (C=O) groups is 1. The fourth-order valence-corrected chi connectivity index (χ4v) is 4.84. The first-order valence-corrected chi connectivity index (χ1v) is 10.8. The molecule has 1 fully saturated rings. The van der Waals surface area contributed by atoms with Crippen LogP contribution in [0.1, 0.15) is 23.3 Å². The number of hydrogen-bond donors (Lipinski definition) is 1. The van der Waals surface area contributed by atoms with Crippen molar-refractivity contribution in [3.8, 4) is 0 Å². The summed E-state index contributed by atoms with van der Waals surface area (Å²) in [5, 5.41) is 3.67. The highest BCUT2D eigenvalue weighted by molar-refractivity contribution is 7.18. The number of anilines is 2. The average Bonchev–Trinajstić information content (AvgIpc) is 3.36. The first-order chi connectivity index (χ1) is 14.8. The van der Waals surface area contributed by atoms with Crippen molar-refractivity contribution >= 4 is 39.2 Å². The molecule has 1 N–H and O–H groups in total. The summed E-state index contributed by atoms with van der Waals surface area (Å²) >= 11 is 1.57. The largest absolute Gasteiger partial charge is 0.434 e. The maximum absolute atomic E-state index is 13.1. The highest BCUT2D eigenvalue weighted by Crippen LogP contribution is 2.35. The minimum atomic E-state index is -4.47. The second kappa shape index (κ2) is 7.36. The number of nitrogens with zero attached hydrogens (tertiary/aromatic N) is 6. The molecule has 1 amide bonds. The van der Waals surface area contributed by atoms with Gasteiger partial charge in [-0.3, -0.25) is 4.79 Å². The Hall–Kier alpha value is -2.89. The fourth-order valence-electron chi connectivity index (χ4n) is 3.88. The number of amides is 1. The highest BCUT2D eigenvalue weighted by Gasteiger charge is 2.36. The molecule has 0 aromatic carbocycles. The van der Waals surface area contributed by atoms with Gasteiger partial charge in [-0.2, -0.15) is 18.2 Å². The second-order valence-corrected chi connectivity index (χ2v) is 8.67. The molecule has 5 rings (SSSR count). The van der Waals surface area contributed by atoms with Crippen LogP contribution in [0, 0.1) is 0 Å². The number of thiophene rings is 1. The summed E-state index contributed by atoms with van der Waals surface area (Å²) in [5.41, 5.74) is -0.874. The van der Waals surface area contributed by atoms with Gasteiger partial charge in [-0.15, -0.1) is 11.3 Å². The minimum absolute atomic E-state index is 0.0865. The molecule has 0 aliphatic carbocycles. The first kappa shape index (κ1) is 20.0. The Morgan fingerprint density at radius 3 is 2.71 bits per heavy atom. The topological polar surface area (TPSA) is 79.2 Å². The summed E-state index contributed by atoms with van der Waals surface area (Å²) in [4.78, 5) is 30.9.